The molecule has 2 N–H and O–H groups in total. The summed E-state index contributed by atoms with van der Waals surface area (Å²) in [5.74, 6) is 0.277. The minimum atomic E-state index is -0.432. The molecule has 2 rings (SSSR count). The predicted octanol–water partition coefficient (Wildman–Crippen LogP) is 3.08. The third-order valence-electron chi connectivity index (χ3n) is 3.39. The highest BCUT2D eigenvalue weighted by Gasteiger charge is 2.13. The third-order valence-corrected chi connectivity index (χ3v) is 3.39. The van der Waals surface area contributed by atoms with Crippen LogP contribution in [0.3, 0.4) is 0 Å². The minimum Gasteiger partial charge on any atom is -0.497 e. The quantitative estimate of drug-likeness (QED) is 0.916. The van der Waals surface area contributed by atoms with E-state index in [1.54, 1.807) is 19.2 Å². The number of aryl methyl sites for hydroxylation is 1. The molecule has 0 spiro atoms. The molecule has 0 aliphatic heterocycles. The Morgan fingerprint density at radius 1 is 1.11 bits per heavy atom. The molecule has 19 heavy (non-hydrogen) atoms. The second kappa shape index (κ2) is 5.14. The van der Waals surface area contributed by atoms with Crippen molar-refractivity contribution in [2.45, 2.75) is 13.8 Å². The molecule has 1 amide bonds. The van der Waals surface area contributed by atoms with Gasteiger partial charge in [0.2, 0.25) is 5.91 Å². The molecule has 0 aromatic heterocycles. The van der Waals surface area contributed by atoms with Crippen LogP contribution in [-0.2, 0) is 0 Å². The minimum absolute atomic E-state index is 0.432. The summed E-state index contributed by atoms with van der Waals surface area (Å²) in [6.07, 6.45) is 0. The van der Waals surface area contributed by atoms with Crippen LogP contribution >= 0.6 is 0 Å². The van der Waals surface area contributed by atoms with Crippen molar-refractivity contribution in [1.29, 1.82) is 0 Å². The van der Waals surface area contributed by atoms with Crippen LogP contribution < -0.4 is 10.5 Å². The number of rotatable bonds is 3. The lowest BCUT2D eigenvalue weighted by Gasteiger charge is -2.13. The first-order chi connectivity index (χ1) is 9.04. The first-order valence-electron chi connectivity index (χ1n) is 6.09. The van der Waals surface area contributed by atoms with Crippen LogP contribution in [0.5, 0.6) is 5.75 Å². The van der Waals surface area contributed by atoms with Gasteiger partial charge in [0.25, 0.3) is 0 Å². The van der Waals surface area contributed by atoms with E-state index in [1.165, 1.54) is 5.56 Å². The van der Waals surface area contributed by atoms with E-state index in [0.717, 1.165) is 16.7 Å². The van der Waals surface area contributed by atoms with Gasteiger partial charge in [-0.3, -0.25) is 4.79 Å². The topological polar surface area (TPSA) is 52.3 Å². The molecular formula is C16H17NO2. The Labute approximate surface area is 113 Å². The highest BCUT2D eigenvalue weighted by Crippen LogP contribution is 2.31. The standard InChI is InChI=1S/C16H17NO2/c1-10-5-4-6-13(11(10)2)15-9-12(19-3)7-8-14(15)16(17)18/h4-9H,1-3H3,(H2,17,18). The molecule has 0 aliphatic carbocycles. The van der Waals surface area contributed by atoms with E-state index in [2.05, 4.69) is 0 Å². The fourth-order valence-corrected chi connectivity index (χ4v) is 2.13. The Balaban J connectivity index is 2.72. The number of hydrogen-bond acceptors (Lipinski definition) is 2. The van der Waals surface area contributed by atoms with Crippen LogP contribution in [0.2, 0.25) is 0 Å². The van der Waals surface area contributed by atoms with E-state index in [0.29, 0.717) is 11.3 Å². The van der Waals surface area contributed by atoms with Crippen molar-refractivity contribution < 1.29 is 9.53 Å². The van der Waals surface area contributed by atoms with Crippen molar-refractivity contribution in [3.8, 4) is 16.9 Å². The smallest absolute Gasteiger partial charge is 0.249 e. The van der Waals surface area contributed by atoms with Crippen LogP contribution in [0.1, 0.15) is 21.5 Å². The summed E-state index contributed by atoms with van der Waals surface area (Å²) in [6, 6.07) is 11.3. The van der Waals surface area contributed by atoms with Crippen LogP contribution in [0.4, 0.5) is 0 Å². The maximum atomic E-state index is 11.6. The molecule has 0 heterocycles. The van der Waals surface area contributed by atoms with Gasteiger partial charge in [0.15, 0.2) is 0 Å². The molecule has 0 saturated carbocycles. The Bertz CT molecular complexity index is 633. The van der Waals surface area contributed by atoms with Gasteiger partial charge in [-0.1, -0.05) is 18.2 Å². The van der Waals surface area contributed by atoms with Crippen LogP contribution in [0.25, 0.3) is 11.1 Å². The normalized spacial score (nSPS) is 10.3. The fourth-order valence-electron chi connectivity index (χ4n) is 2.13. The molecule has 98 valence electrons. The molecule has 0 atom stereocenters. The van der Waals surface area contributed by atoms with Crippen molar-refractivity contribution in [1.82, 2.24) is 0 Å². The van der Waals surface area contributed by atoms with Gasteiger partial charge >= 0.3 is 0 Å². The lowest BCUT2D eigenvalue weighted by atomic mass is 9.93. The fraction of sp³-hybridized carbons (Fsp3) is 0.188. The number of amides is 1. The maximum absolute atomic E-state index is 11.6. The molecule has 0 fully saturated rings. The highest BCUT2D eigenvalue weighted by atomic mass is 16.5. The van der Waals surface area contributed by atoms with E-state index in [1.807, 2.05) is 38.1 Å². The summed E-state index contributed by atoms with van der Waals surface area (Å²) in [6.45, 7) is 4.08. The summed E-state index contributed by atoms with van der Waals surface area (Å²) in [5.41, 5.74) is 10.1. The second-order valence-electron chi connectivity index (χ2n) is 4.52. The molecule has 0 bridgehead atoms. The van der Waals surface area contributed by atoms with Gasteiger partial charge < -0.3 is 10.5 Å². The van der Waals surface area contributed by atoms with Gasteiger partial charge in [-0.25, -0.2) is 0 Å². The monoisotopic (exact) mass is 255 g/mol. The molecule has 2 aromatic carbocycles. The molecule has 3 heteroatoms. The molecule has 0 radical (unpaired) electrons. The lowest BCUT2D eigenvalue weighted by molar-refractivity contribution is 0.100. The van der Waals surface area contributed by atoms with Gasteiger partial charge in [0.1, 0.15) is 5.75 Å². The lowest BCUT2D eigenvalue weighted by Crippen LogP contribution is -2.12. The summed E-state index contributed by atoms with van der Waals surface area (Å²) >= 11 is 0. The summed E-state index contributed by atoms with van der Waals surface area (Å²) in [7, 11) is 1.60. The van der Waals surface area contributed by atoms with Crippen molar-refractivity contribution in [3.05, 3.63) is 53.1 Å². The number of ether oxygens (including phenoxy) is 1. The van der Waals surface area contributed by atoms with Crippen LogP contribution in [0, 0.1) is 13.8 Å². The van der Waals surface area contributed by atoms with Gasteiger partial charge in [0.05, 0.1) is 7.11 Å². The number of carbonyl (C=O) groups is 1. The number of methoxy groups -OCH3 is 1. The van der Waals surface area contributed by atoms with E-state index in [4.69, 9.17) is 10.5 Å². The van der Waals surface area contributed by atoms with Gasteiger partial charge in [-0.05, 0) is 54.3 Å². The largest absolute Gasteiger partial charge is 0.497 e. The van der Waals surface area contributed by atoms with Crippen molar-refractivity contribution in [3.63, 3.8) is 0 Å². The molecule has 0 aliphatic rings. The van der Waals surface area contributed by atoms with Gasteiger partial charge in [0, 0.05) is 5.56 Å². The average Bonchev–Trinajstić information content (AvgIpc) is 2.41. The van der Waals surface area contributed by atoms with Crippen molar-refractivity contribution >= 4 is 5.91 Å². The van der Waals surface area contributed by atoms with E-state index in [-0.39, 0.29) is 0 Å². The Kier molecular flexibility index (Phi) is 3.56. The van der Waals surface area contributed by atoms with E-state index < -0.39 is 5.91 Å². The molecule has 0 saturated heterocycles. The Morgan fingerprint density at radius 3 is 2.47 bits per heavy atom. The Morgan fingerprint density at radius 2 is 1.84 bits per heavy atom. The third kappa shape index (κ3) is 2.45. The van der Waals surface area contributed by atoms with Crippen molar-refractivity contribution in [2.24, 2.45) is 5.73 Å². The number of hydrogen-bond donors (Lipinski definition) is 1. The zero-order valence-electron chi connectivity index (χ0n) is 11.4. The number of nitrogens with two attached hydrogens (primary N) is 1. The van der Waals surface area contributed by atoms with Gasteiger partial charge in [-0.15, -0.1) is 0 Å². The Hall–Kier alpha value is -2.29. The van der Waals surface area contributed by atoms with Crippen molar-refractivity contribution in [2.75, 3.05) is 7.11 Å². The molecule has 2 aromatic rings. The first-order valence-corrected chi connectivity index (χ1v) is 6.09. The predicted molar refractivity (Wildman–Crippen MR) is 76.4 cm³/mol. The summed E-state index contributed by atoms with van der Waals surface area (Å²) in [5, 5.41) is 0. The number of carbonyl (C=O) groups excluding carboxylic acids is 1. The number of primary amides is 1. The zero-order chi connectivity index (χ0) is 14.0. The molecule has 3 nitrogen and oxygen atoms in total. The summed E-state index contributed by atoms with van der Waals surface area (Å²) < 4.78 is 5.23. The first kappa shape index (κ1) is 13.1. The van der Waals surface area contributed by atoms with Gasteiger partial charge in [-0.2, -0.15) is 0 Å². The highest BCUT2D eigenvalue weighted by molar-refractivity contribution is 6.00. The van der Waals surface area contributed by atoms with Crippen LogP contribution in [-0.4, -0.2) is 13.0 Å². The summed E-state index contributed by atoms with van der Waals surface area (Å²) in [4.78, 5) is 11.6. The van der Waals surface area contributed by atoms with Crippen LogP contribution in [0.15, 0.2) is 36.4 Å². The second-order valence-corrected chi connectivity index (χ2v) is 4.52. The number of benzene rings is 2. The molecule has 0 unspecified atom stereocenters. The average molecular weight is 255 g/mol. The maximum Gasteiger partial charge on any atom is 0.249 e. The zero-order valence-corrected chi connectivity index (χ0v) is 11.4. The van der Waals surface area contributed by atoms with E-state index >= 15 is 0 Å². The SMILES string of the molecule is COc1ccc(C(N)=O)c(-c2cccc(C)c2C)c1. The molecular weight excluding hydrogens is 238 g/mol. The van der Waals surface area contributed by atoms with E-state index in [9.17, 15) is 4.79 Å².